The Morgan fingerprint density at radius 1 is 0.538 bits per heavy atom. The first-order valence-electron chi connectivity index (χ1n) is 5.44. The first-order valence-corrected chi connectivity index (χ1v) is 5.44. The molecule has 0 bridgehead atoms. The van der Waals surface area contributed by atoms with E-state index in [1.165, 1.54) is 0 Å². The van der Waals surface area contributed by atoms with E-state index >= 15 is 0 Å². The monoisotopic (exact) mass is 510 g/mol. The van der Waals surface area contributed by atoms with E-state index in [1.807, 2.05) is 0 Å². The molecule has 140 valence electrons. The molecule has 0 aliphatic heterocycles. The van der Waals surface area contributed by atoms with Crippen LogP contribution in [0.3, 0.4) is 0 Å². The fraction of sp³-hybridized carbons (Fsp3) is 0.600. The van der Waals surface area contributed by atoms with Gasteiger partial charge in [-0.3, -0.25) is 9.80 Å². The Bertz CT molecular complexity index is 358. The summed E-state index contributed by atoms with van der Waals surface area (Å²) in [6.45, 7) is -3.25. The van der Waals surface area contributed by atoms with Crippen molar-refractivity contribution in [3.63, 3.8) is 0 Å². The molecule has 0 saturated carbocycles. The summed E-state index contributed by atoms with van der Waals surface area (Å²) in [4.78, 5) is 43.4. The normalized spacial score (nSPS) is 8.23. The van der Waals surface area contributed by atoms with Crippen LogP contribution >= 0.6 is 0 Å². The molecule has 0 amide bonds. The van der Waals surface area contributed by atoms with Gasteiger partial charge in [0.25, 0.3) is 0 Å². The van der Waals surface area contributed by atoms with Crippen LogP contribution in [0.1, 0.15) is 5.71 Å². The summed E-state index contributed by atoms with van der Waals surface area (Å²) in [5.41, 5.74) is 0. The fourth-order valence-corrected chi connectivity index (χ4v) is 1.44. The van der Waals surface area contributed by atoms with Gasteiger partial charge in [-0.2, -0.15) is 0 Å². The van der Waals surface area contributed by atoms with Crippen LogP contribution in [0.5, 0.6) is 0 Å². The summed E-state index contributed by atoms with van der Waals surface area (Å²) >= 11 is 0. The van der Waals surface area contributed by atoms with Crippen molar-refractivity contribution in [1.82, 2.24) is 9.80 Å². The molecule has 0 aromatic heterocycles. The molecule has 0 spiro atoms. The summed E-state index contributed by atoms with van der Waals surface area (Å²) in [7, 11) is 0. The van der Waals surface area contributed by atoms with Crippen molar-refractivity contribution in [2.75, 3.05) is 39.3 Å². The number of carboxylic acids is 4. The molecule has 0 N–H and O–H groups in total. The number of carboxylic acid groups (broad SMARTS) is 4. The summed E-state index contributed by atoms with van der Waals surface area (Å²) < 4.78 is 0. The number of hydrogen-bond donors (Lipinski definition) is 0. The Kier molecular flexibility index (Phi) is 50.2. The standard InChI is InChI=1S/C10H16N2O8.2Cu.4Na.4H/c13-7(14)3-11(4-8(15)16)1-2-12(5-9(17)18)6-10(19)20;;;;;;;;;;/h1-6H2,(H,13,14)(H,15,16)(H,17,18)(H,19,20);;;;;;;;;;/q;2*+2;4*+1;4*-1/p-4. The third-order valence-corrected chi connectivity index (χ3v) is 2.14. The first-order chi connectivity index (χ1) is 9.20. The van der Waals surface area contributed by atoms with Gasteiger partial charge in [0.2, 0.25) is 0 Å². The summed E-state index contributed by atoms with van der Waals surface area (Å²) in [6.07, 6.45) is 0. The number of rotatable bonds is 11. The molecule has 2 radical (unpaired) electrons. The van der Waals surface area contributed by atoms with Crippen LogP contribution in [0.4, 0.5) is 0 Å². The molecule has 0 atom stereocenters. The minimum Gasteiger partial charge on any atom is -1.00 e. The van der Waals surface area contributed by atoms with Gasteiger partial charge >= 0.3 is 152 Å². The first kappa shape index (κ1) is 46.9. The van der Waals surface area contributed by atoms with Crippen molar-refractivity contribution >= 4 is 23.9 Å². The third kappa shape index (κ3) is 31.5. The number of carbonyl (C=O) groups excluding carboxylic acids is 4. The predicted octanol–water partition coefficient (Wildman–Crippen LogP) is -18.9. The molecule has 0 fully saturated rings. The van der Waals surface area contributed by atoms with Crippen molar-refractivity contribution in [1.29, 1.82) is 0 Å². The molecule has 26 heavy (non-hydrogen) atoms. The van der Waals surface area contributed by atoms with E-state index in [1.54, 1.807) is 0 Å². The van der Waals surface area contributed by atoms with Crippen LogP contribution in [0.15, 0.2) is 0 Å². The van der Waals surface area contributed by atoms with Gasteiger partial charge in [-0.1, -0.05) is 0 Å². The Labute approximate surface area is 266 Å². The number of hydrogen-bond acceptors (Lipinski definition) is 10. The molecule has 0 saturated heterocycles. The fourth-order valence-electron chi connectivity index (χ4n) is 1.44. The minimum absolute atomic E-state index is 0. The second-order valence-corrected chi connectivity index (χ2v) is 3.91. The van der Waals surface area contributed by atoms with Gasteiger partial charge in [0, 0.05) is 39.3 Å². The number of aliphatic carboxylic acids is 4. The van der Waals surface area contributed by atoms with Crippen LogP contribution in [-0.4, -0.2) is 72.9 Å². The van der Waals surface area contributed by atoms with E-state index in [0.29, 0.717) is 0 Å². The zero-order valence-corrected chi connectivity index (χ0v) is 24.9. The van der Waals surface area contributed by atoms with Gasteiger partial charge in [0.15, 0.2) is 0 Å². The molecular weight excluding hydrogens is 495 g/mol. The van der Waals surface area contributed by atoms with E-state index in [2.05, 4.69) is 0 Å². The van der Waals surface area contributed by atoms with Gasteiger partial charge in [0.05, 0.1) is 23.9 Å². The SMILES string of the molecule is O=C([O-])CN(CCN(CC(=O)[O-])CC(=O)[O-])CC(=O)[O-].[Cu+2].[Cu+2].[H-].[H-].[H-].[H-].[Na+].[Na+].[Na+].[Na+]. The summed E-state index contributed by atoms with van der Waals surface area (Å²) in [5, 5.41) is 41.6. The maximum absolute atomic E-state index is 10.4. The largest absolute Gasteiger partial charge is 2.00 e. The van der Waals surface area contributed by atoms with Gasteiger partial charge in [0.1, 0.15) is 0 Å². The van der Waals surface area contributed by atoms with Crippen molar-refractivity contribution in [3.05, 3.63) is 0 Å². The Hall–Kier alpha value is 2.84. The molecule has 16 heteroatoms. The van der Waals surface area contributed by atoms with E-state index in [-0.39, 0.29) is 171 Å². The van der Waals surface area contributed by atoms with Gasteiger partial charge in [-0.15, -0.1) is 0 Å². The summed E-state index contributed by atoms with van der Waals surface area (Å²) in [5.74, 6) is -6.12. The topological polar surface area (TPSA) is 167 Å². The molecule has 0 aliphatic carbocycles. The van der Waals surface area contributed by atoms with Crippen molar-refractivity contribution in [3.8, 4) is 0 Å². The van der Waals surface area contributed by atoms with Gasteiger partial charge < -0.3 is 45.3 Å². The molecule has 0 heterocycles. The number of nitrogens with zero attached hydrogens (tertiary/aromatic N) is 2. The Morgan fingerprint density at radius 3 is 0.808 bits per heavy atom. The van der Waals surface area contributed by atoms with E-state index in [4.69, 9.17) is 0 Å². The quantitative estimate of drug-likeness (QED) is 0.243. The predicted molar refractivity (Wildman–Crippen MR) is 57.4 cm³/mol. The maximum atomic E-state index is 10.4. The average Bonchev–Trinajstić information content (AvgIpc) is 2.22. The second-order valence-electron chi connectivity index (χ2n) is 3.91. The van der Waals surface area contributed by atoms with Crippen molar-refractivity contribution in [2.45, 2.75) is 0 Å². The second kappa shape index (κ2) is 27.8. The summed E-state index contributed by atoms with van der Waals surface area (Å²) in [6, 6.07) is 0. The van der Waals surface area contributed by atoms with Crippen LogP contribution in [0.2, 0.25) is 0 Å². The Morgan fingerprint density at radius 2 is 0.692 bits per heavy atom. The van der Waals surface area contributed by atoms with E-state index < -0.39 is 50.1 Å². The average molecular weight is 511 g/mol. The number of carbonyl (C=O) groups is 4. The van der Waals surface area contributed by atoms with Crippen LogP contribution in [-0.2, 0) is 53.3 Å². The van der Waals surface area contributed by atoms with Crippen molar-refractivity contribution in [2.24, 2.45) is 0 Å². The molecule has 0 rings (SSSR count). The molecule has 10 nitrogen and oxygen atoms in total. The third-order valence-electron chi connectivity index (χ3n) is 2.14. The molecule has 0 unspecified atom stereocenters. The molecule has 0 aliphatic rings. The van der Waals surface area contributed by atoms with E-state index in [0.717, 1.165) is 9.80 Å². The smallest absolute Gasteiger partial charge is 1.00 e. The maximum Gasteiger partial charge on any atom is 2.00 e. The molecular formula is C10H16Cu2N2Na4O8. The minimum atomic E-state index is -1.53. The Balaban J connectivity index is -0.0000000401. The zero-order valence-electron chi connectivity index (χ0n) is 19.0. The van der Waals surface area contributed by atoms with Crippen LogP contribution in [0.25, 0.3) is 0 Å². The van der Waals surface area contributed by atoms with Crippen LogP contribution in [0, 0.1) is 0 Å². The van der Waals surface area contributed by atoms with Crippen molar-refractivity contribution < 1.29 is 198 Å². The van der Waals surface area contributed by atoms with E-state index in [9.17, 15) is 39.6 Å². The van der Waals surface area contributed by atoms with Gasteiger partial charge in [-0.25, -0.2) is 0 Å². The molecule has 0 aromatic carbocycles. The van der Waals surface area contributed by atoms with Crippen LogP contribution < -0.4 is 139 Å². The zero-order chi connectivity index (χ0) is 15.7. The van der Waals surface area contributed by atoms with Gasteiger partial charge in [-0.05, 0) is 0 Å². The molecule has 0 aromatic rings.